The van der Waals surface area contributed by atoms with E-state index in [1.54, 1.807) is 6.07 Å². The monoisotopic (exact) mass is 404 g/mol. The van der Waals surface area contributed by atoms with Crippen molar-refractivity contribution in [3.8, 4) is 0 Å². The Hall–Kier alpha value is -1.27. The zero-order chi connectivity index (χ0) is 18.7. The molecule has 152 valence electrons. The molecule has 2 fully saturated rings. The van der Waals surface area contributed by atoms with Crippen molar-refractivity contribution in [2.24, 2.45) is 5.92 Å². The maximum Gasteiger partial charge on any atom is 0.416 e. The largest absolute Gasteiger partial charge is 0.416 e. The Bertz CT molecular complexity index is 628. The Morgan fingerprint density at radius 3 is 2.48 bits per heavy atom. The minimum absolute atomic E-state index is 0. The number of carbonyl (C=O) groups excluding carboxylic acids is 1. The van der Waals surface area contributed by atoms with E-state index in [4.69, 9.17) is 0 Å². The molecule has 1 heterocycles. The third kappa shape index (κ3) is 5.85. The normalized spacial score (nSPS) is 19.3. The van der Waals surface area contributed by atoms with Crippen molar-refractivity contribution in [3.63, 3.8) is 0 Å². The first-order valence-electron chi connectivity index (χ1n) is 9.55. The fraction of sp³-hybridized carbons (Fsp3) is 0.650. The molecule has 1 amide bonds. The van der Waals surface area contributed by atoms with Crippen molar-refractivity contribution >= 4 is 18.3 Å². The van der Waals surface area contributed by atoms with Crippen LogP contribution in [0.25, 0.3) is 0 Å². The van der Waals surface area contributed by atoms with Crippen LogP contribution in [-0.2, 0) is 11.0 Å². The van der Waals surface area contributed by atoms with E-state index in [1.165, 1.54) is 12.1 Å². The van der Waals surface area contributed by atoms with Gasteiger partial charge in [0.25, 0.3) is 0 Å². The summed E-state index contributed by atoms with van der Waals surface area (Å²) in [4.78, 5) is 14.7. The molecule has 27 heavy (non-hydrogen) atoms. The molecule has 1 aliphatic heterocycles. The van der Waals surface area contributed by atoms with E-state index in [-0.39, 0.29) is 30.4 Å². The van der Waals surface area contributed by atoms with Gasteiger partial charge < -0.3 is 10.2 Å². The summed E-state index contributed by atoms with van der Waals surface area (Å²) in [5.41, 5.74) is -0.0957. The van der Waals surface area contributed by atoms with E-state index in [0.29, 0.717) is 17.9 Å². The average molecular weight is 405 g/mol. The quantitative estimate of drug-likeness (QED) is 0.726. The highest BCUT2D eigenvalue weighted by Gasteiger charge is 2.37. The van der Waals surface area contributed by atoms with Crippen LogP contribution >= 0.6 is 12.4 Å². The minimum atomic E-state index is -4.36. The Morgan fingerprint density at radius 2 is 1.89 bits per heavy atom. The molecule has 1 atom stereocenters. The number of nitrogens with one attached hydrogen (secondary N) is 1. The zero-order valence-corrected chi connectivity index (χ0v) is 16.4. The number of hydrogen-bond acceptors (Lipinski definition) is 2. The van der Waals surface area contributed by atoms with E-state index < -0.39 is 11.7 Å². The first-order chi connectivity index (χ1) is 12.4. The second kappa shape index (κ2) is 9.28. The summed E-state index contributed by atoms with van der Waals surface area (Å²) in [7, 11) is 0. The Balaban J connectivity index is 0.00000261. The summed E-state index contributed by atoms with van der Waals surface area (Å²) >= 11 is 0. The molecule has 1 aromatic carbocycles. The van der Waals surface area contributed by atoms with Gasteiger partial charge in [0.1, 0.15) is 0 Å². The molecule has 1 saturated carbocycles. The van der Waals surface area contributed by atoms with Crippen LogP contribution in [-0.4, -0.2) is 29.9 Å². The molecule has 0 aromatic heterocycles. The summed E-state index contributed by atoms with van der Waals surface area (Å²) in [6.45, 7) is 3.86. The standard InChI is InChI=1S/C20H27F3N2O.ClH/c1-14(16-3-2-4-17(13-16)20(21,22)23)25(18-6-7-18)19(26)8-5-15-9-11-24-12-10-15;/h2-4,13-15,18,24H,5-12H2,1H3;1H. The van der Waals surface area contributed by atoms with Crippen LogP contribution in [0.15, 0.2) is 24.3 Å². The Kier molecular flexibility index (Phi) is 7.57. The van der Waals surface area contributed by atoms with Gasteiger partial charge in [-0.05, 0) is 75.7 Å². The maximum absolute atomic E-state index is 13.0. The predicted octanol–water partition coefficient (Wildman–Crippen LogP) is 4.96. The van der Waals surface area contributed by atoms with Crippen molar-refractivity contribution in [2.75, 3.05) is 13.1 Å². The third-order valence-electron chi connectivity index (χ3n) is 5.57. The summed E-state index contributed by atoms with van der Waals surface area (Å²) < 4.78 is 39.0. The molecule has 7 heteroatoms. The lowest BCUT2D eigenvalue weighted by molar-refractivity contribution is -0.137. The van der Waals surface area contributed by atoms with E-state index in [9.17, 15) is 18.0 Å². The predicted molar refractivity (Wildman–Crippen MR) is 102 cm³/mol. The van der Waals surface area contributed by atoms with Crippen molar-refractivity contribution in [1.82, 2.24) is 10.2 Å². The topological polar surface area (TPSA) is 32.3 Å². The fourth-order valence-electron chi connectivity index (χ4n) is 3.85. The average Bonchev–Trinajstić information content (AvgIpc) is 3.45. The first-order valence-corrected chi connectivity index (χ1v) is 9.55. The fourth-order valence-corrected chi connectivity index (χ4v) is 3.85. The van der Waals surface area contributed by atoms with Gasteiger partial charge in [-0.25, -0.2) is 0 Å². The molecule has 0 spiro atoms. The van der Waals surface area contributed by atoms with Gasteiger partial charge in [-0.15, -0.1) is 12.4 Å². The van der Waals surface area contributed by atoms with E-state index in [0.717, 1.165) is 51.3 Å². The summed E-state index contributed by atoms with van der Waals surface area (Å²) in [6, 6.07) is 5.23. The van der Waals surface area contributed by atoms with Gasteiger partial charge in [0, 0.05) is 12.5 Å². The Labute approximate surface area is 165 Å². The van der Waals surface area contributed by atoms with E-state index in [1.807, 2.05) is 11.8 Å². The molecule has 3 rings (SSSR count). The van der Waals surface area contributed by atoms with Crippen LogP contribution < -0.4 is 5.32 Å². The van der Waals surface area contributed by atoms with Gasteiger partial charge >= 0.3 is 6.18 Å². The molecule has 0 radical (unpaired) electrons. The van der Waals surface area contributed by atoms with Gasteiger partial charge in [0.05, 0.1) is 11.6 Å². The van der Waals surface area contributed by atoms with Gasteiger partial charge in [-0.1, -0.05) is 12.1 Å². The third-order valence-corrected chi connectivity index (χ3v) is 5.57. The number of amides is 1. The molecule has 0 bridgehead atoms. The number of hydrogen-bond donors (Lipinski definition) is 1. The molecular weight excluding hydrogens is 377 g/mol. The smallest absolute Gasteiger partial charge is 0.333 e. The van der Waals surface area contributed by atoms with Crippen LogP contribution in [0.2, 0.25) is 0 Å². The highest BCUT2D eigenvalue weighted by atomic mass is 35.5. The van der Waals surface area contributed by atoms with Crippen molar-refractivity contribution in [3.05, 3.63) is 35.4 Å². The molecule has 1 aliphatic carbocycles. The zero-order valence-electron chi connectivity index (χ0n) is 15.6. The highest BCUT2D eigenvalue weighted by molar-refractivity contribution is 5.85. The van der Waals surface area contributed by atoms with Crippen LogP contribution in [0, 0.1) is 5.92 Å². The van der Waals surface area contributed by atoms with Crippen LogP contribution in [0.4, 0.5) is 13.2 Å². The molecule has 1 aromatic rings. The summed E-state index contributed by atoms with van der Waals surface area (Å²) in [5.74, 6) is 0.654. The van der Waals surface area contributed by atoms with Crippen molar-refractivity contribution in [2.45, 2.75) is 63.7 Å². The van der Waals surface area contributed by atoms with Gasteiger partial charge in [0.15, 0.2) is 0 Å². The molecule has 1 saturated heterocycles. The van der Waals surface area contributed by atoms with Gasteiger partial charge in [-0.2, -0.15) is 13.2 Å². The Morgan fingerprint density at radius 1 is 1.22 bits per heavy atom. The highest BCUT2D eigenvalue weighted by Crippen LogP contribution is 2.37. The summed E-state index contributed by atoms with van der Waals surface area (Å²) in [6.07, 6.45) is 1.09. The molecule has 3 nitrogen and oxygen atoms in total. The molecule has 2 aliphatic rings. The van der Waals surface area contributed by atoms with Crippen LogP contribution in [0.1, 0.15) is 62.6 Å². The lowest BCUT2D eigenvalue weighted by atomic mass is 9.92. The number of benzene rings is 1. The van der Waals surface area contributed by atoms with Crippen LogP contribution in [0.3, 0.4) is 0 Å². The SMILES string of the molecule is CC(c1cccc(C(F)(F)F)c1)N(C(=O)CCC1CCNCC1)C1CC1.Cl. The van der Waals surface area contributed by atoms with Crippen molar-refractivity contribution < 1.29 is 18.0 Å². The number of alkyl halides is 3. The number of piperidine rings is 1. The lowest BCUT2D eigenvalue weighted by Crippen LogP contribution is -2.36. The number of nitrogens with zero attached hydrogens (tertiary/aromatic N) is 1. The van der Waals surface area contributed by atoms with E-state index >= 15 is 0 Å². The number of carbonyl (C=O) groups is 1. The first kappa shape index (κ1) is 22.0. The molecule has 1 unspecified atom stereocenters. The second-order valence-electron chi connectivity index (χ2n) is 7.56. The number of rotatable bonds is 6. The maximum atomic E-state index is 13.0. The van der Waals surface area contributed by atoms with Gasteiger partial charge in [-0.3, -0.25) is 4.79 Å². The molecular formula is C20H28ClF3N2O. The lowest BCUT2D eigenvalue weighted by Gasteiger charge is -2.31. The van der Waals surface area contributed by atoms with Crippen molar-refractivity contribution in [1.29, 1.82) is 0 Å². The van der Waals surface area contributed by atoms with Gasteiger partial charge in [0.2, 0.25) is 5.91 Å². The molecule has 1 N–H and O–H groups in total. The minimum Gasteiger partial charge on any atom is -0.333 e. The van der Waals surface area contributed by atoms with Crippen LogP contribution in [0.5, 0.6) is 0 Å². The number of halogens is 4. The van der Waals surface area contributed by atoms with E-state index in [2.05, 4.69) is 5.32 Å². The summed E-state index contributed by atoms with van der Waals surface area (Å²) in [5, 5.41) is 3.32. The second-order valence-corrected chi connectivity index (χ2v) is 7.56.